The van der Waals surface area contributed by atoms with Crippen LogP contribution in [0.25, 0.3) is 11.2 Å². The molecule has 2 atom stereocenters. The molecule has 2 heterocycles. The zero-order chi connectivity index (χ0) is 24.3. The van der Waals surface area contributed by atoms with E-state index < -0.39 is 16.1 Å². The van der Waals surface area contributed by atoms with E-state index in [-0.39, 0.29) is 0 Å². The first-order valence-corrected chi connectivity index (χ1v) is 20.5. The first-order valence-electron chi connectivity index (χ1n) is 13.0. The van der Waals surface area contributed by atoms with Crippen LogP contribution in [0.5, 0.6) is 0 Å². The molecule has 188 valence electrons. The number of nitrogens with zero attached hydrogens (tertiary/aromatic N) is 4. The minimum atomic E-state index is -1.14. The predicted octanol–water partition coefficient (Wildman–Crippen LogP) is 6.36. The zero-order valence-electron chi connectivity index (χ0n) is 22.1. The molecule has 0 radical (unpaired) electrons. The number of fused-ring (bicyclic) bond motifs is 3. The monoisotopic (exact) mass is 500 g/mol. The lowest BCUT2D eigenvalue weighted by Gasteiger charge is -2.27. The van der Waals surface area contributed by atoms with Crippen LogP contribution in [0, 0.1) is 11.8 Å². The van der Waals surface area contributed by atoms with E-state index in [1.54, 1.807) is 0 Å². The highest BCUT2D eigenvalue weighted by Crippen LogP contribution is 2.44. The Morgan fingerprint density at radius 3 is 2.29 bits per heavy atom. The molecule has 2 aromatic heterocycles. The average molecular weight is 501 g/mol. The van der Waals surface area contributed by atoms with Gasteiger partial charge >= 0.3 is 0 Å². The van der Waals surface area contributed by atoms with Crippen LogP contribution >= 0.6 is 0 Å². The van der Waals surface area contributed by atoms with Crippen LogP contribution in [-0.2, 0) is 9.47 Å². The van der Waals surface area contributed by atoms with E-state index in [0.717, 1.165) is 60.7 Å². The molecular formula is C26H44N4O2Si2. The molecule has 2 bridgehead atoms. The normalized spacial score (nSPS) is 20.7. The number of anilines is 1. The van der Waals surface area contributed by atoms with Gasteiger partial charge in [0, 0.05) is 41.5 Å². The Hall–Kier alpha value is -1.49. The lowest BCUT2D eigenvalue weighted by atomic mass is 9.88. The molecule has 0 amide bonds. The van der Waals surface area contributed by atoms with Gasteiger partial charge in [-0.15, -0.1) is 0 Å². The average Bonchev–Trinajstić information content (AvgIpc) is 3.36. The number of allylic oxidation sites excluding steroid dienone is 2. The number of hydrogen-bond donors (Lipinski definition) is 0. The van der Waals surface area contributed by atoms with Crippen LogP contribution in [0.3, 0.4) is 0 Å². The van der Waals surface area contributed by atoms with E-state index >= 15 is 0 Å². The minimum Gasteiger partial charge on any atom is -0.361 e. The van der Waals surface area contributed by atoms with Crippen molar-refractivity contribution >= 4 is 33.2 Å². The van der Waals surface area contributed by atoms with Gasteiger partial charge in [-0.25, -0.2) is 4.98 Å². The van der Waals surface area contributed by atoms with Crippen LogP contribution in [-0.4, -0.2) is 57.4 Å². The molecule has 1 fully saturated rings. The summed E-state index contributed by atoms with van der Waals surface area (Å²) >= 11 is 0. The number of ether oxygens (including phenoxy) is 2. The number of hydrogen-bond acceptors (Lipinski definition) is 5. The van der Waals surface area contributed by atoms with Crippen molar-refractivity contribution in [3.63, 3.8) is 0 Å². The predicted molar refractivity (Wildman–Crippen MR) is 147 cm³/mol. The van der Waals surface area contributed by atoms with Gasteiger partial charge in [-0.2, -0.15) is 9.61 Å². The molecule has 34 heavy (non-hydrogen) atoms. The fourth-order valence-corrected chi connectivity index (χ4v) is 6.38. The molecule has 6 nitrogen and oxygen atoms in total. The number of aromatic nitrogens is 3. The maximum absolute atomic E-state index is 6.19. The van der Waals surface area contributed by atoms with Crippen LogP contribution in [0.2, 0.25) is 51.4 Å². The van der Waals surface area contributed by atoms with Crippen molar-refractivity contribution in [2.45, 2.75) is 77.1 Å². The Labute approximate surface area is 207 Å². The third-order valence-electron chi connectivity index (χ3n) is 7.01. The molecular weight excluding hydrogens is 456 g/mol. The first kappa shape index (κ1) is 25.6. The molecule has 0 aliphatic heterocycles. The van der Waals surface area contributed by atoms with Gasteiger partial charge in [-0.1, -0.05) is 45.4 Å². The SMILES string of the molecule is C[Si](C)(C)CCOCN(COCC[Si](C)(C)C)c1cc(C2=C[C@@H]3CC[C@H](C2)C3)nc2ccnn12. The molecule has 8 heteroatoms. The van der Waals surface area contributed by atoms with Gasteiger partial charge in [0.05, 0.1) is 11.9 Å². The van der Waals surface area contributed by atoms with Gasteiger partial charge < -0.3 is 14.4 Å². The third-order valence-corrected chi connectivity index (χ3v) is 10.4. The fraction of sp³-hybridized carbons (Fsp3) is 0.692. The highest BCUT2D eigenvalue weighted by atomic mass is 28.3. The second-order valence-corrected chi connectivity index (χ2v) is 23.9. The summed E-state index contributed by atoms with van der Waals surface area (Å²) in [6, 6.07) is 6.53. The van der Waals surface area contributed by atoms with Crippen molar-refractivity contribution < 1.29 is 9.47 Å². The Bertz CT molecular complexity index is 971. The van der Waals surface area contributed by atoms with Crippen molar-refractivity contribution in [1.29, 1.82) is 0 Å². The fourth-order valence-electron chi connectivity index (χ4n) is 4.87. The van der Waals surface area contributed by atoms with Crippen LogP contribution in [0.4, 0.5) is 5.82 Å². The Morgan fingerprint density at radius 2 is 1.68 bits per heavy atom. The first-order chi connectivity index (χ1) is 16.1. The molecule has 0 saturated heterocycles. The smallest absolute Gasteiger partial charge is 0.157 e. The summed E-state index contributed by atoms with van der Waals surface area (Å²) < 4.78 is 14.3. The van der Waals surface area contributed by atoms with Gasteiger partial charge in [0.1, 0.15) is 19.3 Å². The molecule has 0 N–H and O–H groups in total. The molecule has 4 rings (SSSR count). The largest absolute Gasteiger partial charge is 0.361 e. The standard InChI is InChI=1S/C26H44N4O2Si2/c1-33(2,3)13-11-31-19-29(20-32-12-14-34(4,5)6)26-18-24(28-25-9-10-27-30(25)26)23-16-21-7-8-22(15-21)17-23/h9-10,16,18,21-22H,7-8,11-15,17,19-20H2,1-6H3/t21-,22+/m1/s1. The van der Waals surface area contributed by atoms with E-state index in [4.69, 9.17) is 14.5 Å². The Kier molecular flexibility index (Phi) is 8.01. The lowest BCUT2D eigenvalue weighted by molar-refractivity contribution is 0.0942. The second kappa shape index (κ2) is 10.6. The molecule has 0 aromatic carbocycles. The van der Waals surface area contributed by atoms with E-state index in [9.17, 15) is 0 Å². The second-order valence-electron chi connectivity index (χ2n) is 12.7. The van der Waals surface area contributed by atoms with Gasteiger partial charge in [0.15, 0.2) is 5.65 Å². The van der Waals surface area contributed by atoms with Crippen molar-refractivity contribution in [2.24, 2.45) is 11.8 Å². The quantitative estimate of drug-likeness (QED) is 0.193. The minimum absolute atomic E-state index is 0.500. The molecule has 0 spiro atoms. The van der Waals surface area contributed by atoms with E-state index in [1.165, 1.54) is 24.8 Å². The summed E-state index contributed by atoms with van der Waals surface area (Å²) in [5.41, 5.74) is 3.39. The summed E-state index contributed by atoms with van der Waals surface area (Å²) in [5.74, 6) is 2.55. The summed E-state index contributed by atoms with van der Waals surface area (Å²) in [6.45, 7) is 16.9. The van der Waals surface area contributed by atoms with E-state index in [0.29, 0.717) is 13.5 Å². The topological polar surface area (TPSA) is 51.9 Å². The van der Waals surface area contributed by atoms with Crippen LogP contribution < -0.4 is 4.90 Å². The summed E-state index contributed by atoms with van der Waals surface area (Å²) in [7, 11) is -2.28. The zero-order valence-corrected chi connectivity index (χ0v) is 24.1. The van der Waals surface area contributed by atoms with Gasteiger partial charge in [0.25, 0.3) is 0 Å². The van der Waals surface area contributed by atoms with E-state index in [1.807, 2.05) is 16.8 Å². The summed E-state index contributed by atoms with van der Waals surface area (Å²) in [4.78, 5) is 7.18. The molecule has 2 aliphatic rings. The van der Waals surface area contributed by atoms with Gasteiger partial charge in [-0.05, 0) is 55.2 Å². The van der Waals surface area contributed by atoms with E-state index in [2.05, 4.69) is 61.4 Å². The van der Waals surface area contributed by atoms with Crippen LogP contribution in [0.15, 0.2) is 24.4 Å². The summed E-state index contributed by atoms with van der Waals surface area (Å²) in [5, 5.41) is 4.60. The van der Waals surface area contributed by atoms with Crippen molar-refractivity contribution in [2.75, 3.05) is 31.6 Å². The van der Waals surface area contributed by atoms with Crippen molar-refractivity contribution in [3.05, 3.63) is 30.1 Å². The summed E-state index contributed by atoms with van der Waals surface area (Å²) in [6.07, 6.45) is 9.51. The molecule has 2 aliphatic carbocycles. The molecule has 1 saturated carbocycles. The maximum atomic E-state index is 6.19. The van der Waals surface area contributed by atoms with Crippen molar-refractivity contribution in [3.8, 4) is 0 Å². The Balaban J connectivity index is 1.56. The van der Waals surface area contributed by atoms with Crippen LogP contribution in [0.1, 0.15) is 31.4 Å². The number of rotatable bonds is 12. The molecule has 0 unspecified atom stereocenters. The molecule has 2 aromatic rings. The maximum Gasteiger partial charge on any atom is 0.157 e. The highest BCUT2D eigenvalue weighted by Gasteiger charge is 2.30. The highest BCUT2D eigenvalue weighted by molar-refractivity contribution is 6.76. The lowest BCUT2D eigenvalue weighted by Crippen LogP contribution is -2.33. The van der Waals surface area contributed by atoms with Gasteiger partial charge in [0.2, 0.25) is 0 Å². The Morgan fingerprint density at radius 1 is 1.00 bits per heavy atom. The van der Waals surface area contributed by atoms with Crippen molar-refractivity contribution in [1.82, 2.24) is 14.6 Å². The third kappa shape index (κ3) is 7.02. The van der Waals surface area contributed by atoms with Gasteiger partial charge in [-0.3, -0.25) is 0 Å².